The Labute approximate surface area is 116 Å². The maximum atomic E-state index is 12.1. The van der Waals surface area contributed by atoms with Crippen molar-refractivity contribution in [2.24, 2.45) is 0 Å². The van der Waals surface area contributed by atoms with E-state index in [1.807, 2.05) is 6.07 Å². The molecular weight excluding hydrogens is 284 g/mol. The van der Waals surface area contributed by atoms with Crippen molar-refractivity contribution in [3.05, 3.63) is 59.1 Å². The minimum absolute atomic E-state index is 0.0488. The lowest BCUT2D eigenvalue weighted by atomic mass is 10.2. The number of halogens is 1. The van der Waals surface area contributed by atoms with Gasteiger partial charge in [0.15, 0.2) is 0 Å². The standard InChI is InChI=1S/C13H9ClN2O2S/c14-11-5-3-6-12(8-11)19(17,18)16-13-7-2-1-4-10(13)9-15/h1-8,16H. The summed E-state index contributed by atoms with van der Waals surface area (Å²) in [6, 6.07) is 14.2. The maximum absolute atomic E-state index is 12.1. The monoisotopic (exact) mass is 292 g/mol. The van der Waals surface area contributed by atoms with E-state index in [0.717, 1.165) is 0 Å². The van der Waals surface area contributed by atoms with E-state index in [1.165, 1.54) is 24.3 Å². The number of nitrogens with one attached hydrogen (secondary N) is 1. The summed E-state index contributed by atoms with van der Waals surface area (Å²) in [6.07, 6.45) is 0. The number of hydrogen-bond acceptors (Lipinski definition) is 3. The van der Waals surface area contributed by atoms with Crippen LogP contribution in [0.2, 0.25) is 5.02 Å². The fraction of sp³-hybridized carbons (Fsp3) is 0. The van der Waals surface area contributed by atoms with Crippen LogP contribution in [-0.2, 0) is 10.0 Å². The molecule has 0 atom stereocenters. The number of hydrogen-bond donors (Lipinski definition) is 1. The lowest BCUT2D eigenvalue weighted by molar-refractivity contribution is 0.601. The lowest BCUT2D eigenvalue weighted by Gasteiger charge is -2.09. The molecule has 0 amide bonds. The Morgan fingerprint density at radius 1 is 1.11 bits per heavy atom. The number of sulfonamides is 1. The van der Waals surface area contributed by atoms with E-state index < -0.39 is 10.0 Å². The van der Waals surface area contributed by atoms with Crippen molar-refractivity contribution in [2.45, 2.75) is 4.90 Å². The van der Waals surface area contributed by atoms with E-state index in [4.69, 9.17) is 16.9 Å². The SMILES string of the molecule is N#Cc1ccccc1NS(=O)(=O)c1cccc(Cl)c1. The fourth-order valence-electron chi connectivity index (χ4n) is 1.51. The molecular formula is C13H9ClN2O2S. The number of nitriles is 1. The second kappa shape index (κ2) is 5.31. The first kappa shape index (κ1) is 13.4. The Morgan fingerprint density at radius 3 is 2.53 bits per heavy atom. The van der Waals surface area contributed by atoms with Crippen molar-refractivity contribution in [3.8, 4) is 6.07 Å². The van der Waals surface area contributed by atoms with Gasteiger partial charge in [0.1, 0.15) is 6.07 Å². The zero-order chi connectivity index (χ0) is 13.9. The first-order chi connectivity index (χ1) is 9.03. The van der Waals surface area contributed by atoms with E-state index in [-0.39, 0.29) is 16.1 Å². The molecule has 0 heterocycles. The molecule has 1 N–H and O–H groups in total. The molecule has 2 aromatic rings. The molecule has 19 heavy (non-hydrogen) atoms. The molecule has 4 nitrogen and oxygen atoms in total. The van der Waals surface area contributed by atoms with E-state index in [9.17, 15) is 8.42 Å². The van der Waals surface area contributed by atoms with Crippen LogP contribution in [-0.4, -0.2) is 8.42 Å². The van der Waals surface area contributed by atoms with Gasteiger partial charge in [-0.25, -0.2) is 8.42 Å². The highest BCUT2D eigenvalue weighted by molar-refractivity contribution is 7.92. The second-order valence-corrected chi connectivity index (χ2v) is 5.84. The van der Waals surface area contributed by atoms with Crippen LogP contribution in [0.4, 0.5) is 5.69 Å². The van der Waals surface area contributed by atoms with E-state index in [2.05, 4.69) is 4.72 Å². The van der Waals surface area contributed by atoms with Gasteiger partial charge in [0.2, 0.25) is 0 Å². The molecule has 0 saturated carbocycles. The van der Waals surface area contributed by atoms with Crippen molar-refractivity contribution < 1.29 is 8.42 Å². The van der Waals surface area contributed by atoms with Crippen LogP contribution < -0.4 is 4.72 Å². The van der Waals surface area contributed by atoms with Gasteiger partial charge in [0, 0.05) is 5.02 Å². The van der Waals surface area contributed by atoms with Crippen molar-refractivity contribution in [1.82, 2.24) is 0 Å². The van der Waals surface area contributed by atoms with E-state index >= 15 is 0 Å². The lowest BCUT2D eigenvalue weighted by Crippen LogP contribution is -2.13. The molecule has 96 valence electrons. The summed E-state index contributed by atoms with van der Waals surface area (Å²) < 4.78 is 26.7. The second-order valence-electron chi connectivity index (χ2n) is 3.72. The number of para-hydroxylation sites is 1. The van der Waals surface area contributed by atoms with Crippen LogP contribution in [0.3, 0.4) is 0 Å². The van der Waals surface area contributed by atoms with Crippen LogP contribution in [0.1, 0.15) is 5.56 Å². The van der Waals surface area contributed by atoms with E-state index in [1.54, 1.807) is 24.3 Å². The minimum Gasteiger partial charge on any atom is -0.278 e. The van der Waals surface area contributed by atoms with Gasteiger partial charge in [-0.15, -0.1) is 0 Å². The van der Waals surface area contributed by atoms with Crippen molar-refractivity contribution >= 4 is 27.3 Å². The summed E-state index contributed by atoms with van der Waals surface area (Å²) in [5.74, 6) is 0. The van der Waals surface area contributed by atoms with Crippen molar-refractivity contribution in [1.29, 1.82) is 5.26 Å². The Morgan fingerprint density at radius 2 is 1.84 bits per heavy atom. The van der Waals surface area contributed by atoms with E-state index in [0.29, 0.717) is 5.02 Å². The predicted octanol–water partition coefficient (Wildman–Crippen LogP) is 3.01. The Balaban J connectivity index is 2.40. The predicted molar refractivity (Wildman–Crippen MR) is 73.4 cm³/mol. The average Bonchev–Trinajstić information content (AvgIpc) is 2.39. The van der Waals surface area contributed by atoms with Crippen LogP contribution in [0, 0.1) is 11.3 Å². The van der Waals surface area contributed by atoms with Gasteiger partial charge in [0.05, 0.1) is 16.1 Å². The van der Waals surface area contributed by atoms with Gasteiger partial charge < -0.3 is 0 Å². The first-order valence-corrected chi connectivity index (χ1v) is 7.16. The van der Waals surface area contributed by atoms with Crippen LogP contribution in [0.5, 0.6) is 0 Å². The molecule has 0 bridgehead atoms. The van der Waals surface area contributed by atoms with Gasteiger partial charge in [-0.1, -0.05) is 29.8 Å². The Kier molecular flexibility index (Phi) is 3.74. The highest BCUT2D eigenvalue weighted by Gasteiger charge is 2.15. The number of benzene rings is 2. The van der Waals surface area contributed by atoms with Gasteiger partial charge in [-0.3, -0.25) is 4.72 Å². The minimum atomic E-state index is -3.75. The number of anilines is 1. The Bertz CT molecular complexity index is 751. The highest BCUT2D eigenvalue weighted by Crippen LogP contribution is 2.21. The summed E-state index contributed by atoms with van der Waals surface area (Å²) in [5, 5.41) is 9.25. The zero-order valence-electron chi connectivity index (χ0n) is 9.67. The summed E-state index contributed by atoms with van der Waals surface area (Å²) in [7, 11) is -3.75. The molecule has 2 rings (SSSR count). The summed E-state index contributed by atoms with van der Waals surface area (Å²) in [6.45, 7) is 0. The molecule has 6 heteroatoms. The smallest absolute Gasteiger partial charge is 0.261 e. The Hall–Kier alpha value is -2.03. The summed E-state index contributed by atoms with van der Waals surface area (Å²) >= 11 is 5.77. The molecule has 0 aromatic heterocycles. The molecule has 0 unspecified atom stereocenters. The fourth-order valence-corrected chi connectivity index (χ4v) is 2.89. The van der Waals surface area contributed by atoms with Crippen molar-refractivity contribution in [2.75, 3.05) is 4.72 Å². The van der Waals surface area contributed by atoms with Crippen LogP contribution in [0.25, 0.3) is 0 Å². The average molecular weight is 293 g/mol. The van der Waals surface area contributed by atoms with Crippen LogP contribution >= 0.6 is 11.6 Å². The quantitative estimate of drug-likeness (QED) is 0.945. The molecule has 0 radical (unpaired) electrons. The molecule has 0 aliphatic heterocycles. The number of nitrogens with zero attached hydrogens (tertiary/aromatic N) is 1. The molecule has 0 spiro atoms. The third-order valence-electron chi connectivity index (χ3n) is 2.40. The van der Waals surface area contributed by atoms with Gasteiger partial charge in [0.25, 0.3) is 10.0 Å². The molecule has 0 fully saturated rings. The molecule has 0 saturated heterocycles. The highest BCUT2D eigenvalue weighted by atomic mass is 35.5. The summed E-state index contributed by atoms with van der Waals surface area (Å²) in [5.41, 5.74) is 0.498. The largest absolute Gasteiger partial charge is 0.278 e. The molecule has 2 aromatic carbocycles. The first-order valence-electron chi connectivity index (χ1n) is 5.30. The van der Waals surface area contributed by atoms with Gasteiger partial charge >= 0.3 is 0 Å². The normalized spacial score (nSPS) is 10.7. The molecule has 0 aliphatic rings. The summed E-state index contributed by atoms with van der Waals surface area (Å²) in [4.78, 5) is 0.0488. The topological polar surface area (TPSA) is 70.0 Å². The van der Waals surface area contributed by atoms with Crippen molar-refractivity contribution in [3.63, 3.8) is 0 Å². The van der Waals surface area contributed by atoms with Gasteiger partial charge in [-0.2, -0.15) is 5.26 Å². The maximum Gasteiger partial charge on any atom is 0.261 e. The van der Waals surface area contributed by atoms with Crippen LogP contribution in [0.15, 0.2) is 53.4 Å². The third kappa shape index (κ3) is 3.05. The number of rotatable bonds is 3. The van der Waals surface area contributed by atoms with Gasteiger partial charge in [-0.05, 0) is 30.3 Å². The molecule has 0 aliphatic carbocycles. The zero-order valence-corrected chi connectivity index (χ0v) is 11.2. The third-order valence-corrected chi connectivity index (χ3v) is 4.00.